The van der Waals surface area contributed by atoms with Crippen molar-refractivity contribution in [2.75, 3.05) is 20.3 Å². The summed E-state index contributed by atoms with van der Waals surface area (Å²) < 4.78 is 5.44. The summed E-state index contributed by atoms with van der Waals surface area (Å²) in [6.45, 7) is 3.71. The first-order valence-electron chi connectivity index (χ1n) is 5.88. The van der Waals surface area contributed by atoms with Crippen molar-refractivity contribution in [3.63, 3.8) is 0 Å². The molecule has 0 fully saturated rings. The van der Waals surface area contributed by atoms with Crippen molar-refractivity contribution in [3.8, 4) is 0 Å². The van der Waals surface area contributed by atoms with Crippen LogP contribution in [0.15, 0.2) is 6.20 Å². The van der Waals surface area contributed by atoms with E-state index in [-0.39, 0.29) is 0 Å². The van der Waals surface area contributed by atoms with Crippen molar-refractivity contribution >= 4 is 0 Å². The van der Waals surface area contributed by atoms with Gasteiger partial charge in [-0.15, -0.1) is 0 Å². The number of rotatable bonds is 3. The van der Waals surface area contributed by atoms with Gasteiger partial charge in [-0.05, 0) is 26.0 Å². The molecule has 0 radical (unpaired) electrons. The molecule has 4 heteroatoms. The third kappa shape index (κ3) is 2.77. The van der Waals surface area contributed by atoms with Gasteiger partial charge in [0.25, 0.3) is 0 Å². The molecule has 2 heterocycles. The number of ether oxygens (including phenoxy) is 1. The molecule has 4 nitrogen and oxygen atoms in total. The summed E-state index contributed by atoms with van der Waals surface area (Å²) in [7, 11) is 1.96. The fraction of sp³-hybridized carbons (Fsp3) is 0.667. The summed E-state index contributed by atoms with van der Waals surface area (Å²) in [4.78, 5) is 9.05. The molecular formula is C12H19N3O. The van der Waals surface area contributed by atoms with Crippen LogP contribution in [0.4, 0.5) is 0 Å². The van der Waals surface area contributed by atoms with Crippen LogP contribution in [-0.4, -0.2) is 36.3 Å². The van der Waals surface area contributed by atoms with Crippen molar-refractivity contribution in [3.05, 3.63) is 23.3 Å². The first kappa shape index (κ1) is 11.5. The van der Waals surface area contributed by atoms with Crippen LogP contribution >= 0.6 is 0 Å². The summed E-state index contributed by atoms with van der Waals surface area (Å²) in [5.41, 5.74) is 2.42. The van der Waals surface area contributed by atoms with Gasteiger partial charge in [0, 0.05) is 30.8 Å². The molecule has 0 saturated heterocycles. The first-order chi connectivity index (χ1) is 7.79. The molecule has 0 aromatic carbocycles. The van der Waals surface area contributed by atoms with E-state index in [2.05, 4.69) is 22.2 Å². The number of fused-ring (bicyclic) bond motifs is 1. The van der Waals surface area contributed by atoms with Gasteiger partial charge in [0.1, 0.15) is 5.82 Å². The van der Waals surface area contributed by atoms with E-state index in [4.69, 9.17) is 4.74 Å². The zero-order chi connectivity index (χ0) is 11.4. The highest BCUT2D eigenvalue weighted by molar-refractivity contribution is 5.19. The van der Waals surface area contributed by atoms with Gasteiger partial charge in [-0.25, -0.2) is 9.97 Å². The Morgan fingerprint density at radius 2 is 2.25 bits per heavy atom. The van der Waals surface area contributed by atoms with Crippen LogP contribution in [-0.2, 0) is 24.0 Å². The Balaban J connectivity index is 2.14. The van der Waals surface area contributed by atoms with E-state index >= 15 is 0 Å². The Hall–Kier alpha value is -1.00. The van der Waals surface area contributed by atoms with Crippen molar-refractivity contribution in [2.45, 2.75) is 32.2 Å². The van der Waals surface area contributed by atoms with Crippen molar-refractivity contribution < 1.29 is 4.74 Å². The molecule has 1 N–H and O–H groups in total. The first-order valence-corrected chi connectivity index (χ1v) is 5.88. The van der Waals surface area contributed by atoms with E-state index in [1.54, 1.807) is 0 Å². The topological polar surface area (TPSA) is 47.0 Å². The fourth-order valence-corrected chi connectivity index (χ4v) is 1.84. The van der Waals surface area contributed by atoms with Gasteiger partial charge >= 0.3 is 0 Å². The van der Waals surface area contributed by atoms with Crippen LogP contribution in [0.2, 0.25) is 0 Å². The zero-order valence-electron chi connectivity index (χ0n) is 9.99. The number of nitrogens with one attached hydrogen (secondary N) is 1. The SMILES string of the molecule is CNC(C)Cc1ncc2c(n1)CCOCC2. The maximum Gasteiger partial charge on any atom is 0.130 e. The molecule has 0 amide bonds. The summed E-state index contributed by atoms with van der Waals surface area (Å²) in [6, 6.07) is 0.417. The van der Waals surface area contributed by atoms with Crippen LogP contribution in [0, 0.1) is 0 Å². The number of likely N-dealkylation sites (N-methyl/N-ethyl adjacent to an activating group) is 1. The number of hydrogen-bond donors (Lipinski definition) is 1. The number of hydrogen-bond acceptors (Lipinski definition) is 4. The lowest BCUT2D eigenvalue weighted by Gasteiger charge is -2.10. The maximum absolute atomic E-state index is 5.44. The highest BCUT2D eigenvalue weighted by Crippen LogP contribution is 2.12. The van der Waals surface area contributed by atoms with Gasteiger partial charge in [-0.3, -0.25) is 0 Å². The molecule has 1 atom stereocenters. The van der Waals surface area contributed by atoms with Gasteiger partial charge < -0.3 is 10.1 Å². The molecule has 1 aliphatic heterocycles. The van der Waals surface area contributed by atoms with Crippen molar-refractivity contribution in [1.29, 1.82) is 0 Å². The lowest BCUT2D eigenvalue weighted by molar-refractivity contribution is 0.146. The predicted octanol–water partition coefficient (Wildman–Crippen LogP) is 0.742. The third-order valence-corrected chi connectivity index (χ3v) is 2.98. The van der Waals surface area contributed by atoms with Crippen LogP contribution in [0.1, 0.15) is 24.0 Å². The Labute approximate surface area is 96.4 Å². The Morgan fingerprint density at radius 3 is 3.06 bits per heavy atom. The highest BCUT2D eigenvalue weighted by atomic mass is 16.5. The zero-order valence-corrected chi connectivity index (χ0v) is 9.99. The smallest absolute Gasteiger partial charge is 0.130 e. The van der Waals surface area contributed by atoms with E-state index in [0.29, 0.717) is 6.04 Å². The lowest BCUT2D eigenvalue weighted by Crippen LogP contribution is -2.25. The number of nitrogens with zero attached hydrogens (tertiary/aromatic N) is 2. The quantitative estimate of drug-likeness (QED) is 0.818. The number of aromatic nitrogens is 2. The Kier molecular flexibility index (Phi) is 3.85. The van der Waals surface area contributed by atoms with E-state index in [1.165, 1.54) is 11.3 Å². The Bertz CT molecular complexity index is 354. The minimum Gasteiger partial charge on any atom is -0.381 e. The van der Waals surface area contributed by atoms with E-state index < -0.39 is 0 Å². The molecule has 0 bridgehead atoms. The predicted molar refractivity (Wildman–Crippen MR) is 62.5 cm³/mol. The van der Waals surface area contributed by atoms with Crippen LogP contribution < -0.4 is 5.32 Å². The van der Waals surface area contributed by atoms with E-state index in [0.717, 1.165) is 38.3 Å². The molecule has 1 aromatic heterocycles. The van der Waals surface area contributed by atoms with Crippen molar-refractivity contribution in [1.82, 2.24) is 15.3 Å². The molecule has 1 aliphatic rings. The summed E-state index contributed by atoms with van der Waals surface area (Å²) in [6.07, 6.45) is 4.70. The Morgan fingerprint density at radius 1 is 1.44 bits per heavy atom. The average Bonchev–Trinajstić information content (AvgIpc) is 2.53. The molecular weight excluding hydrogens is 202 g/mol. The average molecular weight is 221 g/mol. The van der Waals surface area contributed by atoms with Crippen LogP contribution in [0.25, 0.3) is 0 Å². The molecule has 16 heavy (non-hydrogen) atoms. The summed E-state index contributed by atoms with van der Waals surface area (Å²) in [5, 5.41) is 3.20. The van der Waals surface area contributed by atoms with Gasteiger partial charge in [-0.1, -0.05) is 0 Å². The second-order valence-electron chi connectivity index (χ2n) is 4.26. The molecule has 88 valence electrons. The monoisotopic (exact) mass is 221 g/mol. The second kappa shape index (κ2) is 5.37. The molecule has 1 aromatic rings. The van der Waals surface area contributed by atoms with Gasteiger partial charge in [0.05, 0.1) is 13.2 Å². The van der Waals surface area contributed by atoms with Gasteiger partial charge in [-0.2, -0.15) is 0 Å². The minimum atomic E-state index is 0.417. The largest absolute Gasteiger partial charge is 0.381 e. The molecule has 2 rings (SSSR count). The molecule has 0 aliphatic carbocycles. The van der Waals surface area contributed by atoms with Gasteiger partial charge in [0.2, 0.25) is 0 Å². The van der Waals surface area contributed by atoms with E-state index in [1.807, 2.05) is 13.2 Å². The highest BCUT2D eigenvalue weighted by Gasteiger charge is 2.12. The van der Waals surface area contributed by atoms with E-state index in [9.17, 15) is 0 Å². The summed E-state index contributed by atoms with van der Waals surface area (Å²) >= 11 is 0. The molecule has 0 spiro atoms. The van der Waals surface area contributed by atoms with Crippen LogP contribution in [0.3, 0.4) is 0 Å². The molecule has 1 unspecified atom stereocenters. The fourth-order valence-electron chi connectivity index (χ4n) is 1.84. The standard InChI is InChI=1S/C12H19N3O/c1-9(13-2)7-12-14-8-10-3-5-16-6-4-11(10)15-12/h8-9,13H,3-7H2,1-2H3. The molecule has 0 saturated carbocycles. The van der Waals surface area contributed by atoms with Gasteiger partial charge in [0.15, 0.2) is 0 Å². The lowest BCUT2D eigenvalue weighted by atomic mass is 10.1. The second-order valence-corrected chi connectivity index (χ2v) is 4.26. The minimum absolute atomic E-state index is 0.417. The third-order valence-electron chi connectivity index (χ3n) is 2.98. The van der Waals surface area contributed by atoms with Crippen LogP contribution in [0.5, 0.6) is 0 Å². The summed E-state index contributed by atoms with van der Waals surface area (Å²) in [5.74, 6) is 0.933. The van der Waals surface area contributed by atoms with Crippen molar-refractivity contribution in [2.24, 2.45) is 0 Å². The maximum atomic E-state index is 5.44. The normalized spacial score (nSPS) is 17.6.